The van der Waals surface area contributed by atoms with E-state index in [1.165, 1.54) is 11.3 Å². The number of halogens is 2. The van der Waals surface area contributed by atoms with E-state index in [1.807, 2.05) is 6.92 Å². The molecule has 0 aliphatic heterocycles. The minimum Gasteiger partial charge on any atom is -0.283 e. The Bertz CT molecular complexity index is 694. The molecule has 2 aromatic rings. The van der Waals surface area contributed by atoms with E-state index in [4.69, 9.17) is 0 Å². The van der Waals surface area contributed by atoms with Gasteiger partial charge >= 0.3 is 0 Å². The molecule has 110 valence electrons. The summed E-state index contributed by atoms with van der Waals surface area (Å²) in [6, 6.07) is 1.59. The summed E-state index contributed by atoms with van der Waals surface area (Å²) in [5, 5.41) is 6.80. The third kappa shape index (κ3) is 3.91. The van der Waals surface area contributed by atoms with Crippen LogP contribution in [0.15, 0.2) is 24.7 Å². The number of sulfonamides is 1. The van der Waals surface area contributed by atoms with Crippen molar-refractivity contribution in [1.82, 2.24) is 14.9 Å². The topological polar surface area (TPSA) is 74.8 Å². The van der Waals surface area contributed by atoms with E-state index < -0.39 is 10.0 Å². The average molecular weight is 443 g/mol. The molecular formula is C11H13Br2N3O2S2. The molecule has 0 aliphatic carbocycles. The Morgan fingerprint density at radius 1 is 1.45 bits per heavy atom. The van der Waals surface area contributed by atoms with Crippen molar-refractivity contribution in [3.8, 4) is 0 Å². The Balaban J connectivity index is 1.90. The number of aromatic nitrogens is 2. The van der Waals surface area contributed by atoms with Gasteiger partial charge in [-0.15, -0.1) is 11.3 Å². The van der Waals surface area contributed by atoms with Crippen molar-refractivity contribution in [2.45, 2.75) is 24.7 Å². The predicted octanol–water partition coefficient (Wildman–Crippen LogP) is 3.22. The molecule has 20 heavy (non-hydrogen) atoms. The van der Waals surface area contributed by atoms with Crippen molar-refractivity contribution in [2.75, 3.05) is 6.54 Å². The van der Waals surface area contributed by atoms with Crippen molar-refractivity contribution in [1.29, 1.82) is 0 Å². The molecule has 2 heterocycles. The summed E-state index contributed by atoms with van der Waals surface area (Å²) in [6.07, 6.45) is 3.29. The fourth-order valence-corrected chi connectivity index (χ4v) is 6.58. The van der Waals surface area contributed by atoms with Crippen LogP contribution < -0.4 is 4.72 Å². The van der Waals surface area contributed by atoms with Gasteiger partial charge < -0.3 is 0 Å². The number of hydrogen-bond acceptors (Lipinski definition) is 4. The summed E-state index contributed by atoms with van der Waals surface area (Å²) in [7, 11) is -3.46. The SMILES string of the molecule is Cc1[nH]ncc1CCCNS(=O)(=O)c1cc(Br)sc1Br. The summed E-state index contributed by atoms with van der Waals surface area (Å²) >= 11 is 7.87. The van der Waals surface area contributed by atoms with Crippen molar-refractivity contribution >= 4 is 53.2 Å². The summed E-state index contributed by atoms with van der Waals surface area (Å²) in [4.78, 5) is 0.272. The van der Waals surface area contributed by atoms with Crippen LogP contribution in [-0.4, -0.2) is 25.2 Å². The van der Waals surface area contributed by atoms with Gasteiger partial charge in [0.05, 0.1) is 13.8 Å². The van der Waals surface area contributed by atoms with Gasteiger partial charge in [0.15, 0.2) is 0 Å². The molecule has 0 unspecified atom stereocenters. The largest absolute Gasteiger partial charge is 0.283 e. The lowest BCUT2D eigenvalue weighted by Crippen LogP contribution is -2.25. The molecule has 5 nitrogen and oxygen atoms in total. The van der Waals surface area contributed by atoms with Gasteiger partial charge in [-0.3, -0.25) is 5.10 Å². The van der Waals surface area contributed by atoms with Gasteiger partial charge in [0, 0.05) is 12.2 Å². The number of aromatic amines is 1. The Kier molecular flexibility index (Phi) is 5.41. The quantitative estimate of drug-likeness (QED) is 0.674. The maximum atomic E-state index is 12.1. The maximum Gasteiger partial charge on any atom is 0.242 e. The van der Waals surface area contributed by atoms with Gasteiger partial charge in [0.2, 0.25) is 10.0 Å². The Labute approximate surface area is 138 Å². The molecule has 0 spiro atoms. The first-order valence-corrected chi connectivity index (χ1v) is 9.72. The maximum absolute atomic E-state index is 12.1. The first kappa shape index (κ1) is 16.2. The lowest BCUT2D eigenvalue weighted by atomic mass is 10.1. The van der Waals surface area contributed by atoms with Crippen LogP contribution in [0.1, 0.15) is 17.7 Å². The van der Waals surface area contributed by atoms with Crippen LogP contribution in [0.3, 0.4) is 0 Å². The third-order valence-corrected chi connectivity index (χ3v) is 6.98. The molecule has 0 bridgehead atoms. The molecule has 0 radical (unpaired) electrons. The zero-order valence-electron chi connectivity index (χ0n) is 10.6. The Hall–Kier alpha value is -0.220. The number of nitrogens with one attached hydrogen (secondary N) is 2. The van der Waals surface area contributed by atoms with Crippen LogP contribution in [0.5, 0.6) is 0 Å². The van der Waals surface area contributed by atoms with E-state index in [2.05, 4.69) is 46.8 Å². The van der Waals surface area contributed by atoms with Crippen molar-refractivity contribution in [3.63, 3.8) is 0 Å². The van der Waals surface area contributed by atoms with E-state index in [-0.39, 0.29) is 4.90 Å². The van der Waals surface area contributed by atoms with Gasteiger partial charge in [0.25, 0.3) is 0 Å². The standard InChI is InChI=1S/C11H13Br2N3O2S2/c1-7-8(6-14-16-7)3-2-4-15-20(17,18)9-5-10(12)19-11(9)13/h5-6,15H,2-4H2,1H3,(H,14,16). The molecule has 0 aliphatic rings. The van der Waals surface area contributed by atoms with Crippen LogP contribution in [0.4, 0.5) is 0 Å². The van der Waals surface area contributed by atoms with Crippen molar-refractivity contribution in [2.24, 2.45) is 0 Å². The predicted molar refractivity (Wildman–Crippen MR) is 86.6 cm³/mol. The second-order valence-electron chi connectivity index (χ2n) is 4.21. The summed E-state index contributed by atoms with van der Waals surface area (Å²) in [6.45, 7) is 2.35. The van der Waals surface area contributed by atoms with E-state index in [9.17, 15) is 8.42 Å². The molecule has 0 atom stereocenters. The number of rotatable bonds is 6. The number of H-pyrrole nitrogens is 1. The van der Waals surface area contributed by atoms with Crippen LogP contribution in [0, 0.1) is 6.92 Å². The van der Waals surface area contributed by atoms with Gasteiger partial charge in [-0.2, -0.15) is 5.10 Å². The normalized spacial score (nSPS) is 11.9. The average Bonchev–Trinajstić information content (AvgIpc) is 2.91. The zero-order valence-corrected chi connectivity index (χ0v) is 15.4. The molecule has 0 amide bonds. The second kappa shape index (κ2) is 6.69. The van der Waals surface area contributed by atoms with Crippen molar-refractivity contribution < 1.29 is 8.42 Å². The van der Waals surface area contributed by atoms with Gasteiger partial charge in [-0.25, -0.2) is 13.1 Å². The van der Waals surface area contributed by atoms with E-state index in [0.717, 1.165) is 27.9 Å². The summed E-state index contributed by atoms with van der Waals surface area (Å²) in [5.41, 5.74) is 2.14. The highest BCUT2D eigenvalue weighted by molar-refractivity contribution is 9.12. The molecule has 0 saturated carbocycles. The van der Waals surface area contributed by atoms with Crippen LogP contribution in [0.25, 0.3) is 0 Å². The van der Waals surface area contributed by atoms with E-state index in [1.54, 1.807) is 12.3 Å². The summed E-state index contributed by atoms with van der Waals surface area (Å²) < 4.78 is 28.2. The minimum atomic E-state index is -3.46. The number of thiophene rings is 1. The molecule has 0 fully saturated rings. The summed E-state index contributed by atoms with van der Waals surface area (Å²) in [5.74, 6) is 0. The number of hydrogen-bond donors (Lipinski definition) is 2. The van der Waals surface area contributed by atoms with Gasteiger partial charge in [-0.1, -0.05) is 0 Å². The smallest absolute Gasteiger partial charge is 0.242 e. The highest BCUT2D eigenvalue weighted by Crippen LogP contribution is 2.34. The van der Waals surface area contributed by atoms with Gasteiger partial charge in [-0.05, 0) is 63.3 Å². The van der Waals surface area contributed by atoms with Crippen LogP contribution in [-0.2, 0) is 16.4 Å². The second-order valence-corrected chi connectivity index (χ2v) is 9.69. The van der Waals surface area contributed by atoms with E-state index >= 15 is 0 Å². The van der Waals surface area contributed by atoms with Crippen molar-refractivity contribution in [3.05, 3.63) is 31.1 Å². The van der Waals surface area contributed by atoms with Crippen LogP contribution in [0.2, 0.25) is 0 Å². The number of aryl methyl sites for hydroxylation is 2. The Morgan fingerprint density at radius 2 is 2.20 bits per heavy atom. The first-order chi connectivity index (χ1) is 9.40. The zero-order chi connectivity index (χ0) is 14.8. The molecule has 0 saturated heterocycles. The molecule has 2 rings (SSSR count). The van der Waals surface area contributed by atoms with Gasteiger partial charge in [0.1, 0.15) is 4.90 Å². The molecule has 2 aromatic heterocycles. The van der Waals surface area contributed by atoms with E-state index in [0.29, 0.717) is 10.3 Å². The lowest BCUT2D eigenvalue weighted by Gasteiger charge is -2.05. The number of nitrogens with zero attached hydrogens (tertiary/aromatic N) is 1. The molecule has 9 heteroatoms. The third-order valence-electron chi connectivity index (χ3n) is 2.76. The fourth-order valence-electron chi connectivity index (χ4n) is 1.70. The molecule has 2 N–H and O–H groups in total. The minimum absolute atomic E-state index is 0.272. The fraction of sp³-hybridized carbons (Fsp3) is 0.364. The highest BCUT2D eigenvalue weighted by Gasteiger charge is 2.19. The Morgan fingerprint density at radius 3 is 2.75 bits per heavy atom. The van der Waals surface area contributed by atoms with Crippen LogP contribution >= 0.6 is 43.2 Å². The lowest BCUT2D eigenvalue weighted by molar-refractivity contribution is 0.579. The highest BCUT2D eigenvalue weighted by atomic mass is 79.9. The molecular weight excluding hydrogens is 430 g/mol. The molecule has 0 aromatic carbocycles. The first-order valence-electron chi connectivity index (χ1n) is 5.83. The monoisotopic (exact) mass is 441 g/mol.